The number of rotatable bonds is 11. The van der Waals surface area contributed by atoms with Crippen molar-refractivity contribution in [2.45, 2.75) is 26.4 Å². The summed E-state index contributed by atoms with van der Waals surface area (Å²) in [5, 5.41) is 10.8. The molecule has 1 fully saturated rings. The summed E-state index contributed by atoms with van der Waals surface area (Å²) in [4.78, 5) is 28.1. The predicted molar refractivity (Wildman–Crippen MR) is 146 cm³/mol. The quantitative estimate of drug-likeness (QED) is 0.227. The largest absolute Gasteiger partial charge is 0.493 e. The molecule has 0 radical (unpaired) electrons. The number of hydrogen-bond acceptors (Lipinski definition) is 9. The van der Waals surface area contributed by atoms with Crippen molar-refractivity contribution in [2.75, 3.05) is 39.5 Å². The summed E-state index contributed by atoms with van der Waals surface area (Å²) in [6.45, 7) is 6.65. The molecule has 39 heavy (non-hydrogen) atoms. The molecule has 0 unspecified atom stereocenters. The molecule has 4 heterocycles. The maximum absolute atomic E-state index is 12.6. The van der Waals surface area contributed by atoms with Crippen LogP contribution in [0.25, 0.3) is 10.9 Å². The summed E-state index contributed by atoms with van der Waals surface area (Å²) in [5.74, 6) is 1.65. The lowest BCUT2D eigenvalue weighted by Crippen LogP contribution is -2.37. The molecule has 5 rings (SSSR count). The van der Waals surface area contributed by atoms with E-state index < -0.39 is 0 Å². The number of nitrogens with zero attached hydrogens (tertiary/aromatic N) is 4. The highest BCUT2D eigenvalue weighted by atomic mass is 16.5. The summed E-state index contributed by atoms with van der Waals surface area (Å²) < 4.78 is 17.5. The number of aliphatic hydroxyl groups excluding tert-OH is 1. The summed E-state index contributed by atoms with van der Waals surface area (Å²) in [6, 6.07) is 14.4. The van der Waals surface area contributed by atoms with E-state index in [4.69, 9.17) is 14.2 Å². The normalized spacial score (nSPS) is 13.9. The van der Waals surface area contributed by atoms with Gasteiger partial charge in [-0.15, -0.1) is 0 Å². The van der Waals surface area contributed by atoms with Gasteiger partial charge in [-0.25, -0.2) is 0 Å². The molecule has 1 aliphatic heterocycles. The first-order valence-corrected chi connectivity index (χ1v) is 13.1. The predicted octanol–water partition coefficient (Wildman–Crippen LogP) is 4.14. The Morgan fingerprint density at radius 2 is 1.95 bits per heavy atom. The van der Waals surface area contributed by atoms with Gasteiger partial charge in [0.15, 0.2) is 5.78 Å². The Morgan fingerprint density at radius 3 is 2.72 bits per heavy atom. The number of Topliss-reactive ketones (excluding diaryl/α,β-unsaturated/α-hetero) is 1. The van der Waals surface area contributed by atoms with Crippen LogP contribution in [0, 0.1) is 6.92 Å². The van der Waals surface area contributed by atoms with Crippen LogP contribution in [0.3, 0.4) is 0 Å². The summed E-state index contributed by atoms with van der Waals surface area (Å²) in [7, 11) is 0. The lowest BCUT2D eigenvalue weighted by Gasteiger charge is -2.26. The van der Waals surface area contributed by atoms with Gasteiger partial charge in [-0.2, -0.15) is 0 Å². The van der Waals surface area contributed by atoms with E-state index in [0.29, 0.717) is 46.3 Å². The number of hydrogen-bond donors (Lipinski definition) is 1. The minimum absolute atomic E-state index is 0.0874. The van der Waals surface area contributed by atoms with Crippen LogP contribution in [-0.2, 0) is 17.8 Å². The highest BCUT2D eigenvalue weighted by Gasteiger charge is 2.14. The van der Waals surface area contributed by atoms with Gasteiger partial charge in [-0.05, 0) is 49.7 Å². The fourth-order valence-corrected chi connectivity index (χ4v) is 4.49. The van der Waals surface area contributed by atoms with Gasteiger partial charge in [-0.1, -0.05) is 6.07 Å². The molecule has 0 aliphatic carbocycles. The second-order valence-corrected chi connectivity index (χ2v) is 9.45. The van der Waals surface area contributed by atoms with Gasteiger partial charge in [0.25, 0.3) is 0 Å². The molecular formula is C30H32N4O5. The van der Waals surface area contributed by atoms with Crippen molar-refractivity contribution in [3.63, 3.8) is 0 Å². The van der Waals surface area contributed by atoms with Gasteiger partial charge < -0.3 is 19.3 Å². The number of ether oxygens (including phenoxy) is 3. The molecule has 3 aromatic heterocycles. The Morgan fingerprint density at radius 1 is 1.08 bits per heavy atom. The number of aliphatic hydroxyl groups is 1. The number of ketones is 1. The molecule has 1 aliphatic rings. The smallest absolute Gasteiger partial charge is 0.187 e. The van der Waals surface area contributed by atoms with Gasteiger partial charge in [0.1, 0.15) is 22.9 Å². The monoisotopic (exact) mass is 528 g/mol. The van der Waals surface area contributed by atoms with E-state index in [2.05, 4.69) is 19.9 Å². The van der Waals surface area contributed by atoms with Crippen molar-refractivity contribution >= 4 is 16.7 Å². The Bertz CT molecular complexity index is 1420. The van der Waals surface area contributed by atoms with Gasteiger partial charge in [0, 0.05) is 54.2 Å². The lowest BCUT2D eigenvalue weighted by molar-refractivity contribution is 0.0357. The molecule has 9 heteroatoms. The molecule has 0 saturated carbocycles. The fraction of sp³-hybridized carbons (Fsp3) is 0.333. The van der Waals surface area contributed by atoms with Gasteiger partial charge in [0.2, 0.25) is 0 Å². The van der Waals surface area contributed by atoms with Crippen LogP contribution in [0.1, 0.15) is 33.9 Å². The minimum atomic E-state index is -0.164. The molecule has 0 amide bonds. The molecule has 1 saturated heterocycles. The zero-order valence-electron chi connectivity index (χ0n) is 22.0. The minimum Gasteiger partial charge on any atom is -0.493 e. The Kier molecular flexibility index (Phi) is 8.72. The SMILES string of the molecule is Cc1cccc(C(=O)Cc2ccc(Oc3ccnc4cc(OCCCN5CCOCC5)c(CO)cc34)cn2)n1. The number of benzene rings is 1. The van der Waals surface area contributed by atoms with Gasteiger partial charge >= 0.3 is 0 Å². The molecule has 1 aromatic carbocycles. The number of aryl methyl sites for hydroxylation is 1. The summed E-state index contributed by atoms with van der Waals surface area (Å²) in [6.07, 6.45) is 4.31. The zero-order valence-corrected chi connectivity index (χ0v) is 22.0. The first kappa shape index (κ1) is 26.7. The second-order valence-electron chi connectivity index (χ2n) is 9.45. The molecule has 1 N–H and O–H groups in total. The van der Waals surface area contributed by atoms with Gasteiger partial charge in [-0.3, -0.25) is 24.6 Å². The van der Waals surface area contributed by atoms with Crippen molar-refractivity contribution in [3.8, 4) is 17.2 Å². The van der Waals surface area contributed by atoms with Crippen LogP contribution in [-0.4, -0.2) is 70.2 Å². The van der Waals surface area contributed by atoms with E-state index in [1.54, 1.807) is 36.7 Å². The summed E-state index contributed by atoms with van der Waals surface area (Å²) >= 11 is 0. The highest BCUT2D eigenvalue weighted by Crippen LogP contribution is 2.33. The molecule has 0 spiro atoms. The number of carbonyl (C=O) groups is 1. The number of pyridine rings is 3. The third-order valence-electron chi connectivity index (χ3n) is 6.58. The first-order valence-electron chi connectivity index (χ1n) is 13.1. The highest BCUT2D eigenvalue weighted by molar-refractivity contribution is 5.95. The van der Waals surface area contributed by atoms with E-state index in [9.17, 15) is 9.90 Å². The standard InChI is InChI=1S/C30H32N4O5/c1-21-4-2-5-26(33-21)28(36)17-23-6-7-24(19-32-23)39-29-8-9-31-27-18-30(22(20-35)16-25(27)29)38-13-3-10-34-11-14-37-15-12-34/h2,4-9,16,18-19,35H,3,10-15,17,20H2,1H3. The van der Waals surface area contributed by atoms with Gasteiger partial charge in [0.05, 0.1) is 44.6 Å². The molecule has 202 valence electrons. The Labute approximate surface area is 227 Å². The average molecular weight is 529 g/mol. The Hall–Kier alpha value is -3.92. The van der Waals surface area contributed by atoms with E-state index in [1.165, 1.54) is 0 Å². The van der Waals surface area contributed by atoms with Crippen LogP contribution in [0.2, 0.25) is 0 Å². The van der Waals surface area contributed by atoms with Crippen molar-refractivity contribution in [1.29, 1.82) is 0 Å². The number of carbonyl (C=O) groups excluding carboxylic acids is 1. The van der Waals surface area contributed by atoms with E-state index >= 15 is 0 Å². The molecule has 0 atom stereocenters. The van der Waals surface area contributed by atoms with E-state index in [1.807, 2.05) is 31.2 Å². The lowest BCUT2D eigenvalue weighted by atomic mass is 10.1. The van der Waals surface area contributed by atoms with E-state index in [-0.39, 0.29) is 18.8 Å². The van der Waals surface area contributed by atoms with Crippen LogP contribution in [0.15, 0.2) is 60.9 Å². The molecular weight excluding hydrogens is 496 g/mol. The average Bonchev–Trinajstić information content (AvgIpc) is 2.96. The van der Waals surface area contributed by atoms with E-state index in [0.717, 1.165) is 50.3 Å². The van der Waals surface area contributed by atoms with Crippen LogP contribution < -0.4 is 9.47 Å². The second kappa shape index (κ2) is 12.8. The zero-order chi connectivity index (χ0) is 27.0. The van der Waals surface area contributed by atoms with Crippen molar-refractivity contribution in [2.24, 2.45) is 0 Å². The topological polar surface area (TPSA) is 107 Å². The Balaban J connectivity index is 1.24. The molecule has 4 aromatic rings. The van der Waals surface area contributed by atoms with Crippen LogP contribution in [0.4, 0.5) is 0 Å². The van der Waals surface area contributed by atoms with Crippen molar-refractivity contribution < 1.29 is 24.1 Å². The maximum atomic E-state index is 12.6. The number of morpholine rings is 1. The molecule has 0 bridgehead atoms. The first-order chi connectivity index (χ1) is 19.1. The third kappa shape index (κ3) is 6.94. The number of fused-ring (bicyclic) bond motifs is 1. The fourth-order valence-electron chi connectivity index (χ4n) is 4.49. The molecule has 9 nitrogen and oxygen atoms in total. The van der Waals surface area contributed by atoms with Crippen molar-refractivity contribution in [3.05, 3.63) is 83.6 Å². The third-order valence-corrected chi connectivity index (χ3v) is 6.58. The van der Waals surface area contributed by atoms with Crippen LogP contribution >= 0.6 is 0 Å². The maximum Gasteiger partial charge on any atom is 0.187 e. The van der Waals surface area contributed by atoms with Crippen LogP contribution in [0.5, 0.6) is 17.2 Å². The van der Waals surface area contributed by atoms with Crippen molar-refractivity contribution in [1.82, 2.24) is 19.9 Å². The number of aromatic nitrogens is 3. The summed E-state index contributed by atoms with van der Waals surface area (Å²) in [5.41, 5.74) is 3.24.